The molecule has 0 saturated heterocycles. The molecule has 6 nitrogen and oxygen atoms in total. The van der Waals surface area contributed by atoms with Crippen molar-refractivity contribution >= 4 is 21.4 Å². The number of rotatable bonds is 5. The SMILES string of the molecule is CNS(=O)(=O)c1ccc(N)c(NCc2ccncc2C)c1. The van der Waals surface area contributed by atoms with E-state index in [0.29, 0.717) is 17.9 Å². The predicted octanol–water partition coefficient (Wildman–Crippen LogP) is 1.49. The van der Waals surface area contributed by atoms with Crippen LogP contribution in [0.15, 0.2) is 41.6 Å². The minimum absolute atomic E-state index is 0.174. The third-order valence-electron chi connectivity index (χ3n) is 3.21. The summed E-state index contributed by atoms with van der Waals surface area (Å²) >= 11 is 0. The molecule has 1 aromatic carbocycles. The second-order valence-electron chi connectivity index (χ2n) is 4.61. The van der Waals surface area contributed by atoms with Gasteiger partial charge in [-0.3, -0.25) is 4.98 Å². The van der Waals surface area contributed by atoms with Crippen LogP contribution in [0, 0.1) is 6.92 Å². The van der Waals surface area contributed by atoms with E-state index in [1.165, 1.54) is 19.2 Å². The molecule has 0 aliphatic carbocycles. The number of nitrogens with zero attached hydrogens (tertiary/aromatic N) is 1. The molecule has 4 N–H and O–H groups in total. The van der Waals surface area contributed by atoms with Crippen LogP contribution in [-0.2, 0) is 16.6 Å². The van der Waals surface area contributed by atoms with Gasteiger partial charge in [0.15, 0.2) is 0 Å². The Balaban J connectivity index is 2.24. The molecule has 21 heavy (non-hydrogen) atoms. The lowest BCUT2D eigenvalue weighted by atomic mass is 10.1. The minimum Gasteiger partial charge on any atom is -0.397 e. The molecule has 7 heteroatoms. The summed E-state index contributed by atoms with van der Waals surface area (Å²) in [6.07, 6.45) is 3.50. The fourth-order valence-electron chi connectivity index (χ4n) is 1.86. The van der Waals surface area contributed by atoms with Crippen LogP contribution in [0.5, 0.6) is 0 Å². The molecule has 0 saturated carbocycles. The van der Waals surface area contributed by atoms with Crippen LogP contribution in [0.4, 0.5) is 11.4 Å². The fourth-order valence-corrected chi connectivity index (χ4v) is 2.62. The van der Waals surface area contributed by atoms with Crippen molar-refractivity contribution in [3.05, 3.63) is 47.8 Å². The van der Waals surface area contributed by atoms with Gasteiger partial charge < -0.3 is 11.1 Å². The molecule has 1 heterocycles. The van der Waals surface area contributed by atoms with Gasteiger partial charge in [-0.15, -0.1) is 0 Å². The van der Waals surface area contributed by atoms with Crippen LogP contribution in [0.3, 0.4) is 0 Å². The van der Waals surface area contributed by atoms with E-state index in [-0.39, 0.29) is 4.90 Å². The molecule has 0 aliphatic rings. The number of sulfonamides is 1. The van der Waals surface area contributed by atoms with Crippen molar-refractivity contribution in [1.82, 2.24) is 9.71 Å². The molecule has 2 aromatic rings. The molecule has 0 atom stereocenters. The molecule has 0 aliphatic heterocycles. The highest BCUT2D eigenvalue weighted by atomic mass is 32.2. The zero-order valence-electron chi connectivity index (χ0n) is 11.9. The van der Waals surface area contributed by atoms with E-state index in [1.807, 2.05) is 13.0 Å². The Morgan fingerprint density at radius 2 is 2.05 bits per heavy atom. The Labute approximate surface area is 124 Å². The second-order valence-corrected chi connectivity index (χ2v) is 6.50. The lowest BCUT2D eigenvalue weighted by Gasteiger charge is -2.12. The number of nitrogen functional groups attached to an aromatic ring is 1. The number of hydrogen-bond donors (Lipinski definition) is 3. The zero-order chi connectivity index (χ0) is 15.5. The number of anilines is 2. The first-order valence-corrected chi connectivity index (χ1v) is 7.89. The van der Waals surface area contributed by atoms with Crippen molar-refractivity contribution in [2.75, 3.05) is 18.1 Å². The van der Waals surface area contributed by atoms with Crippen molar-refractivity contribution in [2.24, 2.45) is 0 Å². The third-order valence-corrected chi connectivity index (χ3v) is 4.62. The molecule has 0 amide bonds. The summed E-state index contributed by atoms with van der Waals surface area (Å²) in [6.45, 7) is 2.51. The molecule has 0 fully saturated rings. The smallest absolute Gasteiger partial charge is 0.240 e. The topological polar surface area (TPSA) is 97.1 Å². The summed E-state index contributed by atoms with van der Waals surface area (Å²) in [5.41, 5.74) is 9.10. The average molecular weight is 306 g/mol. The Morgan fingerprint density at radius 1 is 1.29 bits per heavy atom. The van der Waals surface area contributed by atoms with Crippen molar-refractivity contribution < 1.29 is 8.42 Å². The Bertz CT molecular complexity index is 744. The quantitative estimate of drug-likeness (QED) is 0.727. The lowest BCUT2D eigenvalue weighted by molar-refractivity contribution is 0.588. The van der Waals surface area contributed by atoms with Crippen LogP contribution >= 0.6 is 0 Å². The number of aryl methyl sites for hydroxylation is 1. The van der Waals surface area contributed by atoms with Crippen LogP contribution < -0.4 is 15.8 Å². The van der Waals surface area contributed by atoms with Crippen LogP contribution in [-0.4, -0.2) is 20.4 Å². The van der Waals surface area contributed by atoms with Crippen molar-refractivity contribution in [1.29, 1.82) is 0 Å². The summed E-state index contributed by atoms with van der Waals surface area (Å²) in [4.78, 5) is 4.21. The van der Waals surface area contributed by atoms with E-state index in [1.54, 1.807) is 18.5 Å². The first kappa shape index (κ1) is 15.3. The Kier molecular flexibility index (Phi) is 4.44. The standard InChI is InChI=1S/C14H18N4O2S/c1-10-8-17-6-5-11(10)9-18-14-7-12(3-4-13(14)15)21(19,20)16-2/h3-8,16,18H,9,15H2,1-2H3. The van der Waals surface area contributed by atoms with Gasteiger partial charge >= 0.3 is 0 Å². The van der Waals surface area contributed by atoms with Gasteiger partial charge in [0.2, 0.25) is 10.0 Å². The summed E-state index contributed by atoms with van der Waals surface area (Å²) < 4.78 is 25.9. The summed E-state index contributed by atoms with van der Waals surface area (Å²) in [7, 11) is -2.11. The summed E-state index contributed by atoms with van der Waals surface area (Å²) in [5, 5.41) is 3.16. The average Bonchev–Trinajstić information content (AvgIpc) is 2.47. The Hall–Kier alpha value is -2.12. The van der Waals surface area contributed by atoms with Gasteiger partial charge in [0.25, 0.3) is 0 Å². The van der Waals surface area contributed by atoms with E-state index in [2.05, 4.69) is 15.0 Å². The van der Waals surface area contributed by atoms with Crippen LogP contribution in [0.2, 0.25) is 0 Å². The molecule has 0 bridgehead atoms. The fraction of sp³-hybridized carbons (Fsp3) is 0.214. The molecule has 0 unspecified atom stereocenters. The van der Waals surface area contributed by atoms with E-state index in [9.17, 15) is 8.42 Å². The monoisotopic (exact) mass is 306 g/mol. The first-order valence-electron chi connectivity index (χ1n) is 6.40. The van der Waals surface area contributed by atoms with Crippen molar-refractivity contribution in [3.8, 4) is 0 Å². The van der Waals surface area contributed by atoms with Gasteiger partial charge in [-0.05, 0) is 49.4 Å². The molecule has 0 spiro atoms. The first-order chi connectivity index (χ1) is 9.94. The largest absolute Gasteiger partial charge is 0.397 e. The molecular formula is C14H18N4O2S. The van der Waals surface area contributed by atoms with Crippen molar-refractivity contribution in [3.63, 3.8) is 0 Å². The van der Waals surface area contributed by atoms with Gasteiger partial charge in [0.1, 0.15) is 0 Å². The van der Waals surface area contributed by atoms with Gasteiger partial charge in [0, 0.05) is 18.9 Å². The van der Waals surface area contributed by atoms with E-state index < -0.39 is 10.0 Å². The van der Waals surface area contributed by atoms with Gasteiger partial charge in [-0.1, -0.05) is 0 Å². The number of pyridine rings is 1. The molecule has 1 aromatic heterocycles. The normalized spacial score (nSPS) is 11.3. The molecule has 2 rings (SSSR count). The number of nitrogens with two attached hydrogens (primary N) is 1. The second kappa shape index (κ2) is 6.11. The molecular weight excluding hydrogens is 288 g/mol. The highest BCUT2D eigenvalue weighted by molar-refractivity contribution is 7.89. The van der Waals surface area contributed by atoms with E-state index in [4.69, 9.17) is 5.73 Å². The number of benzene rings is 1. The lowest BCUT2D eigenvalue weighted by Crippen LogP contribution is -2.19. The number of nitrogens with one attached hydrogen (secondary N) is 2. The third kappa shape index (κ3) is 3.50. The minimum atomic E-state index is -3.48. The molecule has 112 valence electrons. The van der Waals surface area contributed by atoms with E-state index >= 15 is 0 Å². The van der Waals surface area contributed by atoms with Crippen LogP contribution in [0.1, 0.15) is 11.1 Å². The Morgan fingerprint density at radius 3 is 2.71 bits per heavy atom. The van der Waals surface area contributed by atoms with Crippen molar-refractivity contribution in [2.45, 2.75) is 18.4 Å². The number of aromatic nitrogens is 1. The highest BCUT2D eigenvalue weighted by Crippen LogP contribution is 2.23. The maximum Gasteiger partial charge on any atom is 0.240 e. The predicted molar refractivity (Wildman–Crippen MR) is 83.4 cm³/mol. The number of hydrogen-bond acceptors (Lipinski definition) is 5. The van der Waals surface area contributed by atoms with Gasteiger partial charge in [-0.25, -0.2) is 13.1 Å². The highest BCUT2D eigenvalue weighted by Gasteiger charge is 2.13. The van der Waals surface area contributed by atoms with Crippen LogP contribution in [0.25, 0.3) is 0 Å². The van der Waals surface area contributed by atoms with E-state index in [0.717, 1.165) is 11.1 Å². The van der Waals surface area contributed by atoms with Gasteiger partial charge in [-0.2, -0.15) is 0 Å². The maximum absolute atomic E-state index is 11.8. The van der Waals surface area contributed by atoms with Gasteiger partial charge in [0.05, 0.1) is 16.3 Å². The zero-order valence-corrected chi connectivity index (χ0v) is 12.7. The molecule has 0 radical (unpaired) electrons. The summed E-state index contributed by atoms with van der Waals surface area (Å²) in [5.74, 6) is 0. The summed E-state index contributed by atoms with van der Waals surface area (Å²) in [6, 6.07) is 6.49. The maximum atomic E-state index is 11.8.